The Kier molecular flexibility index (Phi) is 8.29. The van der Waals surface area contributed by atoms with E-state index in [2.05, 4.69) is 23.7 Å². The lowest BCUT2D eigenvalue weighted by molar-refractivity contribution is -0.149. The molecule has 29 heavy (non-hydrogen) atoms. The quantitative estimate of drug-likeness (QED) is 0.555. The number of ether oxygens (including phenoxy) is 3. The molecule has 2 heterocycles. The predicted molar refractivity (Wildman–Crippen MR) is 114 cm³/mol. The van der Waals surface area contributed by atoms with E-state index in [0.29, 0.717) is 29.8 Å². The number of thiazole rings is 1. The van der Waals surface area contributed by atoms with Crippen LogP contribution in [0.2, 0.25) is 5.02 Å². The third-order valence-electron chi connectivity index (χ3n) is 4.38. The Bertz CT molecular complexity index is 781. The number of benzene rings is 1. The molecule has 1 saturated heterocycles. The summed E-state index contributed by atoms with van der Waals surface area (Å²) in [5, 5.41) is 3.34. The molecule has 0 bridgehead atoms. The maximum absolute atomic E-state index is 12.2. The van der Waals surface area contributed by atoms with Gasteiger partial charge in [0.05, 0.1) is 18.7 Å². The van der Waals surface area contributed by atoms with Crippen LogP contribution in [0, 0.1) is 5.92 Å². The second-order valence-electron chi connectivity index (χ2n) is 7.48. The molecule has 0 amide bonds. The normalized spacial score (nSPS) is 17.4. The van der Waals surface area contributed by atoms with Crippen molar-refractivity contribution in [2.45, 2.75) is 33.0 Å². The van der Waals surface area contributed by atoms with Gasteiger partial charge < -0.3 is 14.2 Å². The van der Waals surface area contributed by atoms with Crippen LogP contribution in [0.25, 0.3) is 0 Å². The number of morpholine rings is 1. The number of carbonyl (C=O) groups excluding carboxylic acids is 1. The van der Waals surface area contributed by atoms with Gasteiger partial charge in [0.15, 0.2) is 0 Å². The van der Waals surface area contributed by atoms with Gasteiger partial charge in [-0.3, -0.25) is 9.69 Å². The molecule has 0 N–H and O–H groups in total. The number of hydrogen-bond acceptors (Lipinski definition) is 7. The lowest BCUT2D eigenvalue weighted by Crippen LogP contribution is -2.45. The average molecular weight is 439 g/mol. The highest BCUT2D eigenvalue weighted by molar-refractivity contribution is 7.09. The maximum atomic E-state index is 12.2. The van der Waals surface area contributed by atoms with E-state index >= 15 is 0 Å². The molecule has 158 valence electrons. The minimum atomic E-state index is -0.287. The Morgan fingerprint density at radius 1 is 1.38 bits per heavy atom. The van der Waals surface area contributed by atoms with Crippen LogP contribution in [-0.4, -0.2) is 54.8 Å². The molecule has 1 aromatic heterocycles. The molecule has 1 aromatic carbocycles. The summed E-state index contributed by atoms with van der Waals surface area (Å²) in [4.78, 5) is 19.0. The topological polar surface area (TPSA) is 60.9 Å². The van der Waals surface area contributed by atoms with Crippen molar-refractivity contribution in [1.82, 2.24) is 9.88 Å². The first-order chi connectivity index (χ1) is 14.0. The largest absolute Gasteiger partial charge is 0.486 e. The van der Waals surface area contributed by atoms with Gasteiger partial charge in [-0.25, -0.2) is 4.98 Å². The van der Waals surface area contributed by atoms with Crippen molar-refractivity contribution >= 4 is 28.9 Å². The smallest absolute Gasteiger partial charge is 0.311 e. The highest BCUT2D eigenvalue weighted by atomic mass is 35.5. The lowest BCUT2D eigenvalue weighted by Gasteiger charge is -2.33. The van der Waals surface area contributed by atoms with E-state index in [1.807, 2.05) is 17.5 Å². The molecule has 8 heteroatoms. The zero-order valence-electron chi connectivity index (χ0n) is 16.8. The van der Waals surface area contributed by atoms with E-state index in [1.165, 1.54) is 11.3 Å². The van der Waals surface area contributed by atoms with Gasteiger partial charge in [0.2, 0.25) is 0 Å². The van der Waals surface area contributed by atoms with Gasteiger partial charge in [-0.05, 0) is 30.2 Å². The molecule has 3 rings (SSSR count). The first kappa shape index (κ1) is 22.0. The Hall–Kier alpha value is -1.67. The van der Waals surface area contributed by atoms with Gasteiger partial charge in [-0.2, -0.15) is 0 Å². The number of rotatable bonds is 9. The molecule has 6 nitrogen and oxygen atoms in total. The van der Waals surface area contributed by atoms with Gasteiger partial charge in [0.25, 0.3) is 0 Å². The molecule has 0 saturated carbocycles. The number of nitrogens with zero attached hydrogens (tertiary/aromatic N) is 2. The minimum absolute atomic E-state index is 0.0646. The van der Waals surface area contributed by atoms with Crippen LogP contribution in [0.3, 0.4) is 0 Å². The number of esters is 1. The molecular formula is C21H27ClN2O4S. The summed E-state index contributed by atoms with van der Waals surface area (Å²) in [5.74, 6) is 1.05. The van der Waals surface area contributed by atoms with Gasteiger partial charge in [-0.15, -0.1) is 11.3 Å². The Labute approximate surface area is 180 Å². The molecule has 1 aliphatic heterocycles. The Morgan fingerprint density at radius 3 is 2.93 bits per heavy atom. The van der Waals surface area contributed by atoms with Crippen LogP contribution >= 0.6 is 22.9 Å². The van der Waals surface area contributed by atoms with Crippen molar-refractivity contribution in [3.63, 3.8) is 0 Å². The molecule has 1 atom stereocenters. The Balaban J connectivity index is 1.39. The van der Waals surface area contributed by atoms with Gasteiger partial charge in [0, 0.05) is 30.0 Å². The summed E-state index contributed by atoms with van der Waals surface area (Å²) in [6.07, 6.45) is 0.0880. The molecule has 0 radical (unpaired) electrons. The van der Waals surface area contributed by atoms with Crippen LogP contribution < -0.4 is 4.74 Å². The first-order valence-electron chi connectivity index (χ1n) is 9.79. The average Bonchev–Trinajstić information content (AvgIpc) is 3.13. The van der Waals surface area contributed by atoms with Gasteiger partial charge >= 0.3 is 5.97 Å². The second kappa shape index (κ2) is 10.9. The van der Waals surface area contributed by atoms with Crippen LogP contribution in [0.4, 0.5) is 0 Å². The molecular weight excluding hydrogens is 412 g/mol. The summed E-state index contributed by atoms with van der Waals surface area (Å²) in [5.41, 5.74) is 0.695. The van der Waals surface area contributed by atoms with Crippen molar-refractivity contribution < 1.29 is 19.0 Å². The number of hydrogen-bond donors (Lipinski definition) is 0. The second-order valence-corrected chi connectivity index (χ2v) is 8.86. The SMILES string of the molecule is CC(C)CN1CCOC(COC(=O)Cc2csc(COc3ccc(Cl)cc3)n2)C1. The third kappa shape index (κ3) is 7.59. The van der Waals surface area contributed by atoms with Crippen molar-refractivity contribution in [2.24, 2.45) is 5.92 Å². The van der Waals surface area contributed by atoms with Crippen molar-refractivity contribution in [3.05, 3.63) is 45.4 Å². The zero-order chi connectivity index (χ0) is 20.6. The standard InChI is InChI=1S/C21H27ClN2O4S/c1-15(2)10-24-7-8-26-19(11-24)12-28-21(25)9-17-14-29-20(23-17)13-27-18-5-3-16(22)4-6-18/h3-6,14-15,19H,7-13H2,1-2H3. The van der Waals surface area contributed by atoms with Crippen LogP contribution in [0.5, 0.6) is 5.75 Å². The summed E-state index contributed by atoms with van der Waals surface area (Å²) < 4.78 is 16.8. The van der Waals surface area contributed by atoms with E-state index in [-0.39, 0.29) is 25.1 Å². The van der Waals surface area contributed by atoms with Crippen LogP contribution in [0.15, 0.2) is 29.6 Å². The number of carbonyl (C=O) groups is 1. The third-order valence-corrected chi connectivity index (χ3v) is 5.50. The minimum Gasteiger partial charge on any atom is -0.486 e. The molecule has 0 aliphatic carbocycles. The van der Waals surface area contributed by atoms with Crippen LogP contribution in [0.1, 0.15) is 24.5 Å². The number of aromatic nitrogens is 1. The monoisotopic (exact) mass is 438 g/mol. The molecule has 0 spiro atoms. The van der Waals surface area contributed by atoms with E-state index in [4.69, 9.17) is 25.8 Å². The van der Waals surface area contributed by atoms with E-state index in [1.54, 1.807) is 12.1 Å². The summed E-state index contributed by atoms with van der Waals surface area (Å²) in [6.45, 7) is 8.48. The fourth-order valence-corrected chi connectivity index (χ4v) is 3.95. The van der Waals surface area contributed by atoms with Gasteiger partial charge in [0.1, 0.15) is 30.1 Å². The highest BCUT2D eigenvalue weighted by Crippen LogP contribution is 2.18. The van der Waals surface area contributed by atoms with E-state index in [0.717, 1.165) is 30.4 Å². The van der Waals surface area contributed by atoms with Crippen molar-refractivity contribution in [1.29, 1.82) is 0 Å². The van der Waals surface area contributed by atoms with Crippen molar-refractivity contribution in [3.8, 4) is 5.75 Å². The first-order valence-corrected chi connectivity index (χ1v) is 11.0. The summed E-state index contributed by atoms with van der Waals surface area (Å²) in [7, 11) is 0. The lowest BCUT2D eigenvalue weighted by atomic mass is 10.2. The summed E-state index contributed by atoms with van der Waals surface area (Å²) in [6, 6.07) is 7.17. The van der Waals surface area contributed by atoms with E-state index in [9.17, 15) is 4.79 Å². The zero-order valence-corrected chi connectivity index (χ0v) is 18.4. The molecule has 1 aliphatic rings. The van der Waals surface area contributed by atoms with Crippen molar-refractivity contribution in [2.75, 3.05) is 32.8 Å². The maximum Gasteiger partial charge on any atom is 0.311 e. The van der Waals surface area contributed by atoms with Gasteiger partial charge in [-0.1, -0.05) is 25.4 Å². The fourth-order valence-electron chi connectivity index (χ4n) is 3.12. The highest BCUT2D eigenvalue weighted by Gasteiger charge is 2.22. The molecule has 1 unspecified atom stereocenters. The number of halogens is 1. The molecule has 2 aromatic rings. The summed E-state index contributed by atoms with van der Waals surface area (Å²) >= 11 is 7.33. The predicted octanol–water partition coefficient (Wildman–Crippen LogP) is 3.82. The fraction of sp³-hybridized carbons (Fsp3) is 0.524. The molecule has 1 fully saturated rings. The van der Waals surface area contributed by atoms with Crippen LogP contribution in [-0.2, 0) is 27.3 Å². The van der Waals surface area contributed by atoms with E-state index < -0.39 is 0 Å². The Morgan fingerprint density at radius 2 is 2.17 bits per heavy atom.